The molecule has 3 aromatic rings. The number of amides is 2. The first kappa shape index (κ1) is 32.8. The number of ether oxygens (including phenoxy) is 1. The minimum atomic E-state index is -0.668. The fourth-order valence-corrected chi connectivity index (χ4v) is 5.10. The summed E-state index contributed by atoms with van der Waals surface area (Å²) in [7, 11) is 0. The van der Waals surface area contributed by atoms with Crippen LogP contribution in [0.25, 0.3) is 5.70 Å². The molecule has 0 spiro atoms. The van der Waals surface area contributed by atoms with Gasteiger partial charge in [0, 0.05) is 49.2 Å². The second-order valence-electron chi connectivity index (χ2n) is 10.2. The molecule has 1 aliphatic heterocycles. The molecule has 1 aromatic heterocycles. The van der Waals surface area contributed by atoms with Crippen LogP contribution in [0.4, 0.5) is 15.8 Å². The number of carbonyl (C=O) groups is 2. The van der Waals surface area contributed by atoms with Gasteiger partial charge in [0.1, 0.15) is 11.5 Å². The molecule has 0 radical (unpaired) electrons. The number of fused-ring (bicyclic) bond motifs is 1. The fourth-order valence-electron chi connectivity index (χ4n) is 4.91. The maximum Gasteiger partial charge on any atom is 0.264 e. The van der Waals surface area contributed by atoms with Crippen LogP contribution in [0.3, 0.4) is 0 Å². The Morgan fingerprint density at radius 3 is 2.57 bits per heavy atom. The Kier molecular flexibility index (Phi) is 11.6. The number of hydrogen-bond donors (Lipinski definition) is 2. The number of nitrogens with zero attached hydrogens (tertiary/aromatic N) is 4. The predicted molar refractivity (Wildman–Crippen MR) is 173 cm³/mol. The number of hydrazone groups is 1. The Morgan fingerprint density at radius 2 is 1.86 bits per heavy atom. The van der Waals surface area contributed by atoms with Gasteiger partial charge in [0.05, 0.1) is 35.2 Å². The van der Waals surface area contributed by atoms with E-state index in [-0.39, 0.29) is 16.6 Å². The molecule has 2 amide bonds. The third-order valence-corrected chi connectivity index (χ3v) is 7.55. The van der Waals surface area contributed by atoms with Crippen LogP contribution < -0.4 is 16.1 Å². The van der Waals surface area contributed by atoms with E-state index in [2.05, 4.69) is 20.3 Å². The number of halogens is 2. The van der Waals surface area contributed by atoms with Gasteiger partial charge in [-0.1, -0.05) is 37.6 Å². The average molecular weight is 621 g/mol. The van der Waals surface area contributed by atoms with Gasteiger partial charge in [0.2, 0.25) is 0 Å². The number of anilines is 2. The molecule has 5 rings (SSSR count). The number of carbonyl (C=O) groups excluding carboxylic acids is 2. The largest absolute Gasteiger partial charge is 0.379 e. The van der Waals surface area contributed by atoms with Crippen molar-refractivity contribution >= 4 is 46.2 Å². The molecule has 2 aliphatic rings. The van der Waals surface area contributed by atoms with Crippen molar-refractivity contribution in [1.29, 1.82) is 0 Å². The van der Waals surface area contributed by atoms with E-state index in [9.17, 15) is 14.0 Å². The van der Waals surface area contributed by atoms with Crippen molar-refractivity contribution in [2.24, 2.45) is 10.8 Å². The molecule has 1 fully saturated rings. The Bertz CT molecular complexity index is 1540. The number of rotatable bonds is 9. The molecule has 11 heteroatoms. The smallest absolute Gasteiger partial charge is 0.264 e. The van der Waals surface area contributed by atoms with E-state index in [0.717, 1.165) is 62.5 Å². The number of aryl methyl sites for hydroxylation is 1. The summed E-state index contributed by atoms with van der Waals surface area (Å²) in [6.45, 7) is 9.54. The van der Waals surface area contributed by atoms with E-state index in [0.29, 0.717) is 29.1 Å². The van der Waals surface area contributed by atoms with E-state index in [1.54, 1.807) is 23.2 Å². The summed E-state index contributed by atoms with van der Waals surface area (Å²) in [4.78, 5) is 31.9. The lowest BCUT2D eigenvalue weighted by atomic mass is 9.93. The SMILES string of the molecule is C/C(=N\N(C1=CCCc2ccc(NC(=O)c3cc(CCN4CCOCC4)ncc3Cl)cc21)c1ccc(F)cc1)C(N)=O.CC. The third kappa shape index (κ3) is 8.28. The van der Waals surface area contributed by atoms with Gasteiger partial charge in [-0.2, -0.15) is 5.10 Å². The highest BCUT2D eigenvalue weighted by Gasteiger charge is 2.22. The van der Waals surface area contributed by atoms with Crippen molar-refractivity contribution in [3.8, 4) is 0 Å². The normalized spacial score (nSPS) is 14.9. The molecule has 3 N–H and O–H groups in total. The van der Waals surface area contributed by atoms with Gasteiger partial charge < -0.3 is 15.8 Å². The second kappa shape index (κ2) is 15.6. The van der Waals surface area contributed by atoms with Crippen molar-refractivity contribution in [3.05, 3.63) is 94.0 Å². The van der Waals surface area contributed by atoms with E-state index in [4.69, 9.17) is 22.1 Å². The number of primary amides is 1. The Balaban J connectivity index is 0.00000216. The summed E-state index contributed by atoms with van der Waals surface area (Å²) in [6.07, 6.45) is 5.71. The summed E-state index contributed by atoms with van der Waals surface area (Å²) in [6, 6.07) is 13.2. The van der Waals surface area contributed by atoms with Crippen molar-refractivity contribution < 1.29 is 18.7 Å². The van der Waals surface area contributed by atoms with Crippen LogP contribution in [-0.4, -0.2) is 60.3 Å². The number of nitrogens with one attached hydrogen (secondary N) is 1. The number of hydrogen-bond acceptors (Lipinski definition) is 7. The first-order valence-electron chi connectivity index (χ1n) is 14.8. The molecule has 232 valence electrons. The number of benzene rings is 2. The molecule has 0 unspecified atom stereocenters. The van der Waals surface area contributed by atoms with E-state index in [1.807, 2.05) is 38.1 Å². The van der Waals surface area contributed by atoms with Crippen molar-refractivity contribution in [2.75, 3.05) is 43.2 Å². The third-order valence-electron chi connectivity index (χ3n) is 7.25. The number of allylic oxidation sites excluding steroid dienone is 1. The lowest BCUT2D eigenvalue weighted by Gasteiger charge is -2.28. The summed E-state index contributed by atoms with van der Waals surface area (Å²) < 4.78 is 19.1. The number of morpholine rings is 1. The maximum atomic E-state index is 13.7. The molecule has 0 saturated carbocycles. The van der Waals surface area contributed by atoms with Gasteiger partial charge in [0.25, 0.3) is 11.8 Å². The lowest BCUT2D eigenvalue weighted by molar-refractivity contribution is -0.112. The number of nitrogens with two attached hydrogens (primary N) is 1. The average Bonchev–Trinajstić information content (AvgIpc) is 3.04. The maximum absolute atomic E-state index is 13.7. The monoisotopic (exact) mass is 620 g/mol. The fraction of sp³-hybridized carbons (Fsp3) is 0.333. The first-order valence-corrected chi connectivity index (χ1v) is 15.2. The topological polar surface area (TPSA) is 113 Å². The molecule has 0 atom stereocenters. The van der Waals surface area contributed by atoms with Crippen LogP contribution in [0.1, 0.15) is 54.4 Å². The van der Waals surface area contributed by atoms with Crippen LogP contribution in [0.2, 0.25) is 5.02 Å². The zero-order valence-corrected chi connectivity index (χ0v) is 26.0. The van der Waals surface area contributed by atoms with Crippen LogP contribution in [0.5, 0.6) is 0 Å². The molecule has 44 heavy (non-hydrogen) atoms. The highest BCUT2D eigenvalue weighted by molar-refractivity contribution is 6.37. The van der Waals surface area contributed by atoms with Crippen molar-refractivity contribution in [3.63, 3.8) is 0 Å². The van der Waals surface area contributed by atoms with E-state index >= 15 is 0 Å². The minimum Gasteiger partial charge on any atom is -0.379 e. The van der Waals surface area contributed by atoms with Gasteiger partial charge in [-0.25, -0.2) is 9.40 Å². The summed E-state index contributed by atoms with van der Waals surface area (Å²) in [5.41, 5.74) is 10.3. The summed E-state index contributed by atoms with van der Waals surface area (Å²) in [5, 5.41) is 9.27. The standard InChI is InChI=1S/C31H32ClFN6O3.C2H6/c1-20(30(34)40)37-39(25-9-6-22(33)7-10-25)29-4-2-3-21-5-8-24(18-26(21)29)36-31(41)27-17-23(35-19-28(27)32)11-12-38-13-15-42-16-14-38;1-2/h4-10,17-19H,2-3,11-16H2,1H3,(H2,34,40)(H,36,41);1-2H3/b37-20+;. The molecule has 2 aromatic carbocycles. The number of pyridine rings is 1. The van der Waals surface area contributed by atoms with Crippen LogP contribution in [0.15, 0.2) is 65.9 Å². The van der Waals surface area contributed by atoms with E-state index in [1.165, 1.54) is 25.3 Å². The molecule has 0 bridgehead atoms. The first-order chi connectivity index (χ1) is 21.3. The van der Waals surface area contributed by atoms with Gasteiger partial charge in [0.15, 0.2) is 0 Å². The summed E-state index contributed by atoms with van der Waals surface area (Å²) >= 11 is 6.39. The Labute approximate surface area is 262 Å². The van der Waals surface area contributed by atoms with Gasteiger partial charge in [-0.15, -0.1) is 0 Å². The highest BCUT2D eigenvalue weighted by Crippen LogP contribution is 2.35. The van der Waals surface area contributed by atoms with Crippen LogP contribution in [-0.2, 0) is 22.4 Å². The summed E-state index contributed by atoms with van der Waals surface area (Å²) in [5.74, 6) is -1.41. The van der Waals surface area contributed by atoms with Gasteiger partial charge >= 0.3 is 0 Å². The molecular weight excluding hydrogens is 583 g/mol. The Morgan fingerprint density at radius 1 is 1.14 bits per heavy atom. The van der Waals surface area contributed by atoms with Crippen molar-refractivity contribution in [2.45, 2.75) is 40.0 Å². The lowest BCUT2D eigenvalue weighted by Crippen LogP contribution is -2.37. The quantitative estimate of drug-likeness (QED) is 0.235. The van der Waals surface area contributed by atoms with Crippen LogP contribution in [0, 0.1) is 5.82 Å². The molecule has 2 heterocycles. The molecular formula is C33H38ClFN6O3. The molecule has 9 nitrogen and oxygen atoms in total. The Hall–Kier alpha value is -4.12. The van der Waals surface area contributed by atoms with E-state index < -0.39 is 11.7 Å². The van der Waals surface area contributed by atoms with Gasteiger partial charge in [-0.05, 0) is 67.8 Å². The molecule has 1 aliphatic carbocycles. The minimum absolute atomic E-state index is 0.0913. The van der Waals surface area contributed by atoms with Crippen LogP contribution >= 0.6 is 11.6 Å². The zero-order chi connectivity index (χ0) is 31.6. The zero-order valence-electron chi connectivity index (χ0n) is 25.3. The second-order valence-corrected chi connectivity index (χ2v) is 10.6. The predicted octanol–water partition coefficient (Wildman–Crippen LogP) is 5.68. The van der Waals surface area contributed by atoms with Crippen molar-refractivity contribution in [1.82, 2.24) is 9.88 Å². The number of aromatic nitrogens is 1. The van der Waals surface area contributed by atoms with Gasteiger partial charge in [-0.3, -0.25) is 19.5 Å². The molecule has 1 saturated heterocycles. The highest BCUT2D eigenvalue weighted by atomic mass is 35.5.